The van der Waals surface area contributed by atoms with E-state index in [0.717, 1.165) is 0 Å². The average Bonchev–Trinajstić information content (AvgIpc) is 3.39. The van der Waals surface area contributed by atoms with E-state index in [4.69, 9.17) is 14.0 Å². The molecule has 0 aliphatic rings. The topological polar surface area (TPSA) is 153 Å². The molecule has 2 heterocycles. The van der Waals surface area contributed by atoms with Crippen LogP contribution >= 0.6 is 0 Å². The average molecular weight is 532 g/mol. The van der Waals surface area contributed by atoms with Crippen LogP contribution in [0.5, 0.6) is 11.8 Å². The summed E-state index contributed by atoms with van der Waals surface area (Å²) >= 11 is 0. The second-order valence-corrected chi connectivity index (χ2v) is 9.42. The molecular weight excluding hydrogens is 502 g/mol. The molecule has 0 unspecified atom stereocenters. The van der Waals surface area contributed by atoms with Crippen molar-refractivity contribution in [2.45, 2.75) is 26.2 Å². The maximum Gasteiger partial charge on any atom is 0.324 e. The Bertz CT molecular complexity index is 1420. The van der Waals surface area contributed by atoms with Crippen LogP contribution in [0.15, 0.2) is 65.2 Å². The van der Waals surface area contributed by atoms with E-state index in [1.54, 1.807) is 60.7 Å². The Morgan fingerprint density at radius 2 is 1.33 bits per heavy atom. The van der Waals surface area contributed by atoms with Crippen molar-refractivity contribution in [3.63, 3.8) is 0 Å². The zero-order valence-corrected chi connectivity index (χ0v) is 22.2. The Kier molecular flexibility index (Phi) is 7.94. The molecule has 0 bridgehead atoms. The van der Waals surface area contributed by atoms with Crippen LogP contribution in [0.25, 0.3) is 0 Å². The summed E-state index contributed by atoms with van der Waals surface area (Å²) in [6, 6.07) is 16.3. The summed E-state index contributed by atoms with van der Waals surface area (Å²) in [4.78, 5) is 33.4. The Labute approximate surface area is 225 Å². The van der Waals surface area contributed by atoms with Crippen LogP contribution in [0.2, 0.25) is 0 Å². The number of ether oxygens (including phenoxy) is 2. The van der Waals surface area contributed by atoms with Crippen LogP contribution in [0.3, 0.4) is 0 Å². The van der Waals surface area contributed by atoms with Crippen molar-refractivity contribution < 1.29 is 23.6 Å². The molecule has 0 fully saturated rings. The van der Waals surface area contributed by atoms with E-state index in [1.165, 1.54) is 14.2 Å². The number of amides is 3. The number of anilines is 5. The third-order valence-electron chi connectivity index (χ3n) is 5.39. The van der Waals surface area contributed by atoms with Crippen LogP contribution in [0.4, 0.5) is 33.6 Å². The largest absolute Gasteiger partial charge is 0.481 e. The number of hydrogen-bond acceptors (Lipinski definition) is 9. The predicted octanol–water partition coefficient (Wildman–Crippen LogP) is 5.42. The van der Waals surface area contributed by atoms with Gasteiger partial charge in [0.1, 0.15) is 5.76 Å². The van der Waals surface area contributed by atoms with Gasteiger partial charge in [-0.1, -0.05) is 25.9 Å². The molecule has 0 aliphatic carbocycles. The second kappa shape index (κ2) is 11.5. The highest BCUT2D eigenvalue weighted by Crippen LogP contribution is 2.25. The van der Waals surface area contributed by atoms with Gasteiger partial charge in [0.25, 0.3) is 5.91 Å². The molecule has 12 heteroatoms. The SMILES string of the molecule is COc1cc(OC)nc(Nc2ccc(C(=O)Nc3ccc(NC(=O)Nc4cc(C(C)(C)C)on4)cc3)cc2)n1. The van der Waals surface area contributed by atoms with E-state index < -0.39 is 6.03 Å². The molecular formula is C27H29N7O5. The minimum atomic E-state index is -0.466. The van der Waals surface area contributed by atoms with Gasteiger partial charge in [0.05, 0.1) is 20.3 Å². The normalized spacial score (nSPS) is 10.9. The van der Waals surface area contributed by atoms with Gasteiger partial charge in [-0.25, -0.2) is 4.79 Å². The summed E-state index contributed by atoms with van der Waals surface area (Å²) in [6.45, 7) is 5.96. The third kappa shape index (κ3) is 7.22. The van der Waals surface area contributed by atoms with Crippen LogP contribution in [0, 0.1) is 0 Å². The molecule has 2 aromatic heterocycles. The van der Waals surface area contributed by atoms with Crippen molar-refractivity contribution in [3.05, 3.63) is 72.0 Å². The van der Waals surface area contributed by atoms with Gasteiger partial charge in [0.15, 0.2) is 5.82 Å². The standard InChI is InChI=1S/C27H29N7O5/c1-27(2,3)20-14-21(34-39-20)31-26(36)30-19-12-10-17(11-13-19)28-24(35)16-6-8-18(9-7-16)29-25-32-22(37-4)15-23(33-25)38-5/h6-15H,1-5H3,(H,28,35)(H,29,32,33)(H2,30,31,34,36). The Morgan fingerprint density at radius 3 is 1.87 bits per heavy atom. The van der Waals surface area contributed by atoms with E-state index in [2.05, 4.69) is 36.4 Å². The number of carbonyl (C=O) groups excluding carboxylic acids is 2. The minimum Gasteiger partial charge on any atom is -0.481 e. The number of carbonyl (C=O) groups is 2. The zero-order valence-electron chi connectivity index (χ0n) is 22.2. The molecule has 0 spiro atoms. The minimum absolute atomic E-state index is 0.219. The van der Waals surface area contributed by atoms with Crippen molar-refractivity contribution in [2.75, 3.05) is 35.5 Å². The van der Waals surface area contributed by atoms with Crippen molar-refractivity contribution in [1.82, 2.24) is 15.1 Å². The third-order valence-corrected chi connectivity index (χ3v) is 5.39. The lowest BCUT2D eigenvalue weighted by molar-refractivity contribution is 0.102. The molecule has 4 N–H and O–H groups in total. The molecule has 0 atom stereocenters. The highest BCUT2D eigenvalue weighted by molar-refractivity contribution is 6.04. The first-order chi connectivity index (χ1) is 18.6. The highest BCUT2D eigenvalue weighted by atomic mass is 16.5. The lowest BCUT2D eigenvalue weighted by Crippen LogP contribution is -2.19. The molecule has 3 amide bonds. The molecule has 12 nitrogen and oxygen atoms in total. The number of benzene rings is 2. The van der Waals surface area contributed by atoms with Gasteiger partial charge in [-0.3, -0.25) is 10.1 Å². The van der Waals surface area contributed by atoms with Gasteiger partial charge < -0.3 is 29.9 Å². The molecule has 202 valence electrons. The highest BCUT2D eigenvalue weighted by Gasteiger charge is 2.20. The Morgan fingerprint density at radius 1 is 0.769 bits per heavy atom. The number of aromatic nitrogens is 3. The quantitative estimate of drug-likeness (QED) is 0.233. The number of nitrogens with zero attached hydrogens (tertiary/aromatic N) is 3. The molecule has 4 aromatic rings. The van der Waals surface area contributed by atoms with Gasteiger partial charge in [0, 0.05) is 34.1 Å². The maximum absolute atomic E-state index is 12.7. The summed E-state index contributed by atoms with van der Waals surface area (Å²) in [7, 11) is 3.00. The predicted molar refractivity (Wildman–Crippen MR) is 147 cm³/mol. The van der Waals surface area contributed by atoms with Crippen LogP contribution in [-0.2, 0) is 5.41 Å². The first kappa shape index (κ1) is 26.9. The molecule has 0 saturated heterocycles. The molecule has 0 saturated carbocycles. The van der Waals surface area contributed by atoms with Crippen LogP contribution in [-0.4, -0.2) is 41.3 Å². The van der Waals surface area contributed by atoms with Crippen molar-refractivity contribution in [2.24, 2.45) is 0 Å². The zero-order chi connectivity index (χ0) is 28.0. The lowest BCUT2D eigenvalue weighted by Gasteiger charge is -2.12. The van der Waals surface area contributed by atoms with Gasteiger partial charge in [-0.05, 0) is 48.5 Å². The van der Waals surface area contributed by atoms with Gasteiger partial charge in [-0.15, -0.1) is 0 Å². The summed E-state index contributed by atoms with van der Waals surface area (Å²) in [6.07, 6.45) is 0. The van der Waals surface area contributed by atoms with Crippen molar-refractivity contribution in [3.8, 4) is 11.8 Å². The number of nitrogens with one attached hydrogen (secondary N) is 4. The summed E-state index contributed by atoms with van der Waals surface area (Å²) in [5, 5.41) is 15.1. The number of methoxy groups -OCH3 is 2. The Hall–Kier alpha value is -5.13. The number of urea groups is 1. The van der Waals surface area contributed by atoms with E-state index in [9.17, 15) is 9.59 Å². The summed E-state index contributed by atoms with van der Waals surface area (Å²) in [5.41, 5.74) is 2.01. The molecule has 0 aliphatic heterocycles. The first-order valence-electron chi connectivity index (χ1n) is 11.9. The van der Waals surface area contributed by atoms with Gasteiger partial charge in [0.2, 0.25) is 17.7 Å². The van der Waals surface area contributed by atoms with Crippen LogP contribution < -0.4 is 30.7 Å². The molecule has 39 heavy (non-hydrogen) atoms. The fourth-order valence-electron chi connectivity index (χ4n) is 3.31. The van der Waals surface area contributed by atoms with E-state index in [-0.39, 0.29) is 11.3 Å². The summed E-state index contributed by atoms with van der Waals surface area (Å²) < 4.78 is 15.6. The number of rotatable bonds is 8. The van der Waals surface area contributed by atoms with E-state index in [1.807, 2.05) is 20.8 Å². The number of hydrogen-bond donors (Lipinski definition) is 4. The first-order valence-corrected chi connectivity index (χ1v) is 11.9. The van der Waals surface area contributed by atoms with E-state index >= 15 is 0 Å². The smallest absolute Gasteiger partial charge is 0.324 e. The van der Waals surface area contributed by atoms with Gasteiger partial charge in [-0.2, -0.15) is 9.97 Å². The fraction of sp³-hybridized carbons (Fsp3) is 0.222. The molecule has 2 aromatic carbocycles. The lowest BCUT2D eigenvalue weighted by atomic mass is 9.93. The Balaban J connectivity index is 1.31. The maximum atomic E-state index is 12.7. The van der Waals surface area contributed by atoms with Crippen LogP contribution in [0.1, 0.15) is 36.9 Å². The fourth-order valence-corrected chi connectivity index (χ4v) is 3.31. The van der Waals surface area contributed by atoms with Crippen molar-refractivity contribution >= 4 is 40.8 Å². The van der Waals surface area contributed by atoms with Gasteiger partial charge >= 0.3 is 6.03 Å². The summed E-state index contributed by atoms with van der Waals surface area (Å²) in [5.74, 6) is 1.69. The molecule has 0 radical (unpaired) electrons. The second-order valence-electron chi connectivity index (χ2n) is 9.42. The molecule has 4 rings (SSSR count). The monoisotopic (exact) mass is 531 g/mol. The van der Waals surface area contributed by atoms with Crippen molar-refractivity contribution in [1.29, 1.82) is 0 Å². The van der Waals surface area contributed by atoms with E-state index in [0.29, 0.717) is 51.9 Å².